The van der Waals surface area contributed by atoms with Gasteiger partial charge in [-0.2, -0.15) is 0 Å². The molecule has 82 valence electrons. The van der Waals surface area contributed by atoms with Crippen molar-refractivity contribution < 1.29 is 19.4 Å². The summed E-state index contributed by atoms with van der Waals surface area (Å²) in [6, 6.07) is -0.850. The number of carbonyl (C=O) groups is 2. The summed E-state index contributed by atoms with van der Waals surface area (Å²) >= 11 is 0. The predicted molar refractivity (Wildman–Crippen MR) is 50.9 cm³/mol. The topological polar surface area (TPSA) is 75.6 Å². The van der Waals surface area contributed by atoms with Crippen molar-refractivity contribution in [3.63, 3.8) is 0 Å². The fraction of sp³-hybridized carbons (Fsp3) is 0.778. The maximum absolute atomic E-state index is 11.5. The second-order valence-corrected chi connectivity index (χ2v) is 3.49. The highest BCUT2D eigenvalue weighted by Crippen LogP contribution is 2.08. The maximum Gasteiger partial charge on any atom is 0.326 e. The zero-order chi connectivity index (χ0) is 11.4. The summed E-state index contributed by atoms with van der Waals surface area (Å²) in [4.78, 5) is 22.1. The SMILES string of the molecule is CC[C@H](NC(=O)C(C)(C)OC)C(=O)O. The molecule has 1 amide bonds. The van der Waals surface area contributed by atoms with E-state index in [1.807, 2.05) is 0 Å². The van der Waals surface area contributed by atoms with Crippen LogP contribution >= 0.6 is 0 Å². The van der Waals surface area contributed by atoms with E-state index >= 15 is 0 Å². The average Bonchev–Trinajstić information content (AvgIpc) is 2.12. The Morgan fingerprint density at radius 1 is 1.50 bits per heavy atom. The molecule has 0 spiro atoms. The van der Waals surface area contributed by atoms with Gasteiger partial charge in [-0.15, -0.1) is 0 Å². The zero-order valence-corrected chi connectivity index (χ0v) is 8.96. The van der Waals surface area contributed by atoms with Crippen molar-refractivity contribution in [2.75, 3.05) is 7.11 Å². The molecule has 0 saturated carbocycles. The zero-order valence-electron chi connectivity index (χ0n) is 8.96. The monoisotopic (exact) mass is 203 g/mol. The molecule has 0 bridgehead atoms. The first-order chi connectivity index (χ1) is 6.35. The molecule has 0 aliphatic heterocycles. The number of hydrogen-bond donors (Lipinski definition) is 2. The molecule has 0 aliphatic rings. The van der Waals surface area contributed by atoms with E-state index < -0.39 is 23.5 Å². The summed E-state index contributed by atoms with van der Waals surface area (Å²) in [5.41, 5.74) is -0.997. The molecule has 0 saturated heterocycles. The first-order valence-corrected chi connectivity index (χ1v) is 4.44. The number of aliphatic carboxylic acids is 1. The van der Waals surface area contributed by atoms with Crippen molar-refractivity contribution in [3.05, 3.63) is 0 Å². The molecule has 1 atom stereocenters. The highest BCUT2D eigenvalue weighted by atomic mass is 16.5. The Labute approximate surface area is 83.4 Å². The van der Waals surface area contributed by atoms with Gasteiger partial charge in [-0.1, -0.05) is 6.92 Å². The summed E-state index contributed by atoms with van der Waals surface area (Å²) < 4.78 is 4.92. The number of methoxy groups -OCH3 is 1. The van der Waals surface area contributed by atoms with Crippen LogP contribution in [0, 0.1) is 0 Å². The normalized spacial score (nSPS) is 13.4. The van der Waals surface area contributed by atoms with Crippen LogP contribution in [-0.4, -0.2) is 35.7 Å². The van der Waals surface area contributed by atoms with E-state index in [4.69, 9.17) is 9.84 Å². The van der Waals surface area contributed by atoms with E-state index in [0.29, 0.717) is 6.42 Å². The van der Waals surface area contributed by atoms with E-state index in [1.165, 1.54) is 7.11 Å². The lowest BCUT2D eigenvalue weighted by molar-refractivity contribution is -0.147. The lowest BCUT2D eigenvalue weighted by Crippen LogP contribution is -2.50. The lowest BCUT2D eigenvalue weighted by Gasteiger charge is -2.23. The van der Waals surface area contributed by atoms with E-state index in [-0.39, 0.29) is 0 Å². The van der Waals surface area contributed by atoms with Gasteiger partial charge >= 0.3 is 5.97 Å². The molecule has 5 nitrogen and oxygen atoms in total. The van der Waals surface area contributed by atoms with Crippen LogP contribution in [0.1, 0.15) is 27.2 Å². The van der Waals surface area contributed by atoms with Crippen LogP contribution in [-0.2, 0) is 14.3 Å². The fourth-order valence-corrected chi connectivity index (χ4v) is 0.763. The second-order valence-electron chi connectivity index (χ2n) is 3.49. The standard InChI is InChI=1S/C9H17NO4/c1-5-6(7(11)12)10-8(13)9(2,3)14-4/h6H,5H2,1-4H3,(H,10,13)(H,11,12)/t6-/m0/s1. The Bertz CT molecular complexity index is 225. The molecule has 0 aliphatic carbocycles. The third-order valence-electron chi connectivity index (χ3n) is 2.07. The molecule has 0 rings (SSSR count). The van der Waals surface area contributed by atoms with Crippen molar-refractivity contribution in [1.82, 2.24) is 5.32 Å². The molecular weight excluding hydrogens is 186 g/mol. The highest BCUT2D eigenvalue weighted by Gasteiger charge is 2.30. The Balaban J connectivity index is 4.37. The molecule has 0 aromatic heterocycles. The molecule has 2 N–H and O–H groups in total. The van der Waals surface area contributed by atoms with Gasteiger partial charge in [0.05, 0.1) is 0 Å². The summed E-state index contributed by atoms with van der Waals surface area (Å²) in [6.07, 6.45) is 0.348. The molecule has 14 heavy (non-hydrogen) atoms. The van der Waals surface area contributed by atoms with Crippen LogP contribution in [0.5, 0.6) is 0 Å². The van der Waals surface area contributed by atoms with Crippen molar-refractivity contribution in [1.29, 1.82) is 0 Å². The van der Waals surface area contributed by atoms with Crippen molar-refractivity contribution in [3.8, 4) is 0 Å². The van der Waals surface area contributed by atoms with Crippen molar-refractivity contribution in [2.24, 2.45) is 0 Å². The molecule has 5 heteroatoms. The summed E-state index contributed by atoms with van der Waals surface area (Å²) in [5, 5.41) is 11.1. The maximum atomic E-state index is 11.5. The Kier molecular flexibility index (Phi) is 4.56. The Morgan fingerprint density at radius 2 is 2.00 bits per heavy atom. The van der Waals surface area contributed by atoms with E-state index in [1.54, 1.807) is 20.8 Å². The highest BCUT2D eigenvalue weighted by molar-refractivity contribution is 5.88. The summed E-state index contributed by atoms with van der Waals surface area (Å²) in [7, 11) is 1.40. The van der Waals surface area contributed by atoms with Gasteiger partial charge in [-0.25, -0.2) is 4.79 Å². The molecule has 0 unspecified atom stereocenters. The van der Waals surface area contributed by atoms with Crippen LogP contribution in [0.2, 0.25) is 0 Å². The van der Waals surface area contributed by atoms with Gasteiger partial charge in [0.1, 0.15) is 11.6 Å². The van der Waals surface area contributed by atoms with Gasteiger partial charge in [-0.05, 0) is 20.3 Å². The van der Waals surface area contributed by atoms with Crippen LogP contribution in [0.4, 0.5) is 0 Å². The van der Waals surface area contributed by atoms with Gasteiger partial charge < -0.3 is 15.2 Å². The first-order valence-electron chi connectivity index (χ1n) is 4.44. The first kappa shape index (κ1) is 12.9. The predicted octanol–water partition coefficient (Wildman–Crippen LogP) is 0.391. The summed E-state index contributed by atoms with van der Waals surface area (Å²) in [5.74, 6) is -1.46. The molecule has 0 aromatic carbocycles. The molecule has 0 fully saturated rings. The fourth-order valence-electron chi connectivity index (χ4n) is 0.763. The van der Waals surface area contributed by atoms with Crippen LogP contribution in [0.15, 0.2) is 0 Å². The van der Waals surface area contributed by atoms with Crippen molar-refractivity contribution >= 4 is 11.9 Å². The lowest BCUT2D eigenvalue weighted by atomic mass is 10.1. The average molecular weight is 203 g/mol. The third kappa shape index (κ3) is 3.33. The number of carboxylic acids is 1. The van der Waals surface area contributed by atoms with Gasteiger partial charge in [0.2, 0.25) is 0 Å². The van der Waals surface area contributed by atoms with Crippen molar-refractivity contribution in [2.45, 2.75) is 38.8 Å². The largest absolute Gasteiger partial charge is 0.480 e. The van der Waals surface area contributed by atoms with Crippen LogP contribution in [0.3, 0.4) is 0 Å². The van der Waals surface area contributed by atoms with Gasteiger partial charge in [0, 0.05) is 7.11 Å². The number of carboxylic acid groups (broad SMARTS) is 1. The van der Waals surface area contributed by atoms with Crippen LogP contribution < -0.4 is 5.32 Å². The number of nitrogens with one attached hydrogen (secondary N) is 1. The Morgan fingerprint density at radius 3 is 2.29 bits per heavy atom. The number of carbonyl (C=O) groups excluding carboxylic acids is 1. The molecule has 0 aromatic rings. The minimum atomic E-state index is -1.03. The second kappa shape index (κ2) is 4.95. The number of hydrogen-bond acceptors (Lipinski definition) is 3. The minimum Gasteiger partial charge on any atom is -0.480 e. The number of ether oxygens (including phenoxy) is 1. The van der Waals surface area contributed by atoms with E-state index in [2.05, 4.69) is 5.32 Å². The number of rotatable bonds is 5. The third-order valence-corrected chi connectivity index (χ3v) is 2.07. The van der Waals surface area contributed by atoms with Gasteiger partial charge in [0.15, 0.2) is 0 Å². The van der Waals surface area contributed by atoms with Gasteiger partial charge in [-0.3, -0.25) is 4.79 Å². The smallest absolute Gasteiger partial charge is 0.326 e. The van der Waals surface area contributed by atoms with E-state index in [9.17, 15) is 9.59 Å². The Hall–Kier alpha value is -1.10. The molecule has 0 heterocycles. The number of amides is 1. The minimum absolute atomic E-state index is 0.348. The quantitative estimate of drug-likeness (QED) is 0.677. The van der Waals surface area contributed by atoms with Gasteiger partial charge in [0.25, 0.3) is 5.91 Å². The van der Waals surface area contributed by atoms with Crippen LogP contribution in [0.25, 0.3) is 0 Å². The molecule has 0 radical (unpaired) electrons. The summed E-state index contributed by atoms with van der Waals surface area (Å²) in [6.45, 7) is 4.85. The molecular formula is C9H17NO4. The van der Waals surface area contributed by atoms with E-state index in [0.717, 1.165) is 0 Å².